The molecule has 31 heavy (non-hydrogen) atoms. The molecule has 9 heteroatoms. The van der Waals surface area contributed by atoms with Crippen LogP contribution in [0, 0.1) is 5.82 Å². The standard InChI is InChI=1S/C22H18FN3O4S/c1-28-17-9-3-14(4-10-17)19-11-18(30-25-19)13-29-21(27)20-12-24-22(31-2)26(20)16-7-5-15(23)6-8-16/h3-12H,13H2,1-2H3. The minimum Gasteiger partial charge on any atom is -0.497 e. The van der Waals surface area contributed by atoms with Crippen molar-refractivity contribution in [2.45, 2.75) is 11.8 Å². The molecule has 158 valence electrons. The lowest BCUT2D eigenvalue weighted by atomic mass is 10.1. The van der Waals surface area contributed by atoms with Gasteiger partial charge in [-0.05, 0) is 54.8 Å². The van der Waals surface area contributed by atoms with E-state index in [1.54, 1.807) is 29.9 Å². The molecule has 0 aliphatic heterocycles. The van der Waals surface area contributed by atoms with Crippen LogP contribution in [0.1, 0.15) is 16.2 Å². The number of ether oxygens (including phenoxy) is 2. The summed E-state index contributed by atoms with van der Waals surface area (Å²) in [6.45, 7) is -0.0921. The van der Waals surface area contributed by atoms with Gasteiger partial charge < -0.3 is 14.0 Å². The van der Waals surface area contributed by atoms with E-state index < -0.39 is 5.97 Å². The molecule has 0 amide bonds. The lowest BCUT2D eigenvalue weighted by molar-refractivity contribution is 0.0427. The minimum atomic E-state index is -0.584. The summed E-state index contributed by atoms with van der Waals surface area (Å²) in [6.07, 6.45) is 3.27. The summed E-state index contributed by atoms with van der Waals surface area (Å²) in [5.74, 6) is 0.192. The molecule has 0 bridgehead atoms. The van der Waals surface area contributed by atoms with Gasteiger partial charge >= 0.3 is 5.97 Å². The smallest absolute Gasteiger partial charge is 0.357 e. The van der Waals surface area contributed by atoms with Crippen LogP contribution < -0.4 is 4.74 Å². The first-order valence-corrected chi connectivity index (χ1v) is 10.5. The fourth-order valence-corrected chi connectivity index (χ4v) is 3.50. The molecule has 0 aliphatic carbocycles. The molecule has 2 aromatic carbocycles. The average Bonchev–Trinajstić information content (AvgIpc) is 3.45. The van der Waals surface area contributed by atoms with Crippen molar-refractivity contribution in [2.24, 2.45) is 0 Å². The molecular weight excluding hydrogens is 421 g/mol. The summed E-state index contributed by atoms with van der Waals surface area (Å²) in [4.78, 5) is 17.0. The molecule has 0 atom stereocenters. The highest BCUT2D eigenvalue weighted by molar-refractivity contribution is 7.98. The molecule has 0 unspecified atom stereocenters. The maximum atomic E-state index is 13.3. The van der Waals surface area contributed by atoms with E-state index in [9.17, 15) is 9.18 Å². The summed E-state index contributed by atoms with van der Waals surface area (Å²) in [5, 5.41) is 4.60. The number of nitrogens with zero attached hydrogens (tertiary/aromatic N) is 3. The number of esters is 1. The van der Waals surface area contributed by atoms with Crippen LogP contribution >= 0.6 is 11.8 Å². The van der Waals surface area contributed by atoms with Gasteiger partial charge in [-0.15, -0.1) is 0 Å². The van der Waals surface area contributed by atoms with Crippen LogP contribution in [0.4, 0.5) is 4.39 Å². The maximum Gasteiger partial charge on any atom is 0.357 e. The van der Waals surface area contributed by atoms with Crippen LogP contribution in [0.15, 0.2) is 70.5 Å². The number of benzene rings is 2. The van der Waals surface area contributed by atoms with E-state index >= 15 is 0 Å². The van der Waals surface area contributed by atoms with Gasteiger partial charge in [-0.2, -0.15) is 0 Å². The van der Waals surface area contributed by atoms with Crippen LogP contribution in [-0.4, -0.2) is 34.0 Å². The monoisotopic (exact) mass is 439 g/mol. The van der Waals surface area contributed by atoms with Crippen molar-refractivity contribution in [2.75, 3.05) is 13.4 Å². The Morgan fingerprint density at radius 3 is 2.58 bits per heavy atom. The predicted molar refractivity (Wildman–Crippen MR) is 113 cm³/mol. The molecule has 4 aromatic rings. The summed E-state index contributed by atoms with van der Waals surface area (Å²) >= 11 is 1.36. The second kappa shape index (κ2) is 9.05. The molecule has 0 saturated carbocycles. The van der Waals surface area contributed by atoms with E-state index in [4.69, 9.17) is 14.0 Å². The Labute approximate surface area is 181 Å². The Morgan fingerprint density at radius 1 is 1.16 bits per heavy atom. The molecule has 7 nitrogen and oxygen atoms in total. The second-order valence-corrected chi connectivity index (χ2v) is 7.20. The highest BCUT2D eigenvalue weighted by Crippen LogP contribution is 2.24. The molecule has 2 heterocycles. The third-order valence-electron chi connectivity index (χ3n) is 4.50. The average molecular weight is 439 g/mol. The van der Waals surface area contributed by atoms with E-state index in [0.717, 1.165) is 11.3 Å². The van der Waals surface area contributed by atoms with Crippen LogP contribution in [0.3, 0.4) is 0 Å². The van der Waals surface area contributed by atoms with Gasteiger partial charge in [-0.25, -0.2) is 14.2 Å². The lowest BCUT2D eigenvalue weighted by Crippen LogP contribution is -2.11. The number of hydrogen-bond donors (Lipinski definition) is 0. The number of methoxy groups -OCH3 is 1. The molecule has 0 N–H and O–H groups in total. The van der Waals surface area contributed by atoms with Gasteiger partial charge in [-0.1, -0.05) is 16.9 Å². The lowest BCUT2D eigenvalue weighted by Gasteiger charge is -2.10. The third kappa shape index (κ3) is 4.46. The van der Waals surface area contributed by atoms with Crippen molar-refractivity contribution in [1.29, 1.82) is 0 Å². The minimum absolute atomic E-state index is 0.0921. The summed E-state index contributed by atoms with van der Waals surface area (Å²) in [7, 11) is 1.60. The number of aromatic nitrogens is 3. The van der Waals surface area contributed by atoms with E-state index in [0.29, 0.717) is 22.3 Å². The van der Waals surface area contributed by atoms with Gasteiger partial charge in [0.1, 0.15) is 17.3 Å². The van der Waals surface area contributed by atoms with Gasteiger partial charge in [0.15, 0.2) is 23.2 Å². The van der Waals surface area contributed by atoms with Crippen LogP contribution in [-0.2, 0) is 11.3 Å². The molecule has 0 fully saturated rings. The maximum absolute atomic E-state index is 13.3. The van der Waals surface area contributed by atoms with Gasteiger partial charge in [0.05, 0.1) is 13.3 Å². The van der Waals surface area contributed by atoms with Gasteiger partial charge in [-0.3, -0.25) is 4.57 Å². The number of carbonyl (C=O) groups is 1. The predicted octanol–water partition coefficient (Wildman–Crippen LogP) is 4.75. The van der Waals surface area contributed by atoms with Crippen molar-refractivity contribution >= 4 is 17.7 Å². The van der Waals surface area contributed by atoms with Gasteiger partial charge in [0.25, 0.3) is 0 Å². The van der Waals surface area contributed by atoms with Gasteiger partial charge in [0.2, 0.25) is 0 Å². The number of halogens is 1. The van der Waals surface area contributed by atoms with Crippen molar-refractivity contribution in [3.05, 3.63) is 78.1 Å². The fraction of sp³-hybridized carbons (Fsp3) is 0.136. The molecule has 2 aromatic heterocycles. The Kier molecular flexibility index (Phi) is 6.03. The van der Waals surface area contributed by atoms with Crippen LogP contribution in [0.2, 0.25) is 0 Å². The highest BCUT2D eigenvalue weighted by Gasteiger charge is 2.20. The van der Waals surface area contributed by atoms with E-state index in [1.165, 1.54) is 30.1 Å². The molecule has 0 saturated heterocycles. The quantitative estimate of drug-likeness (QED) is 0.304. The zero-order valence-electron chi connectivity index (χ0n) is 16.7. The number of rotatable bonds is 7. The fourth-order valence-electron chi connectivity index (χ4n) is 2.95. The van der Waals surface area contributed by atoms with Crippen molar-refractivity contribution < 1.29 is 23.2 Å². The Morgan fingerprint density at radius 2 is 1.90 bits per heavy atom. The van der Waals surface area contributed by atoms with E-state index in [1.807, 2.05) is 30.5 Å². The first-order chi connectivity index (χ1) is 15.1. The summed E-state index contributed by atoms with van der Waals surface area (Å²) in [6, 6.07) is 14.9. The first-order valence-electron chi connectivity index (χ1n) is 9.24. The molecule has 0 spiro atoms. The summed E-state index contributed by atoms with van der Waals surface area (Å²) in [5.41, 5.74) is 2.30. The summed E-state index contributed by atoms with van der Waals surface area (Å²) < 4.78 is 30.8. The van der Waals surface area contributed by atoms with Crippen molar-refractivity contribution in [3.8, 4) is 22.7 Å². The topological polar surface area (TPSA) is 79.4 Å². The van der Waals surface area contributed by atoms with Gasteiger partial charge in [0, 0.05) is 17.3 Å². The normalized spacial score (nSPS) is 10.8. The van der Waals surface area contributed by atoms with Crippen LogP contribution in [0.5, 0.6) is 5.75 Å². The van der Waals surface area contributed by atoms with E-state index in [2.05, 4.69) is 10.1 Å². The zero-order valence-corrected chi connectivity index (χ0v) is 17.6. The zero-order chi connectivity index (χ0) is 21.8. The first kappa shape index (κ1) is 20.7. The third-order valence-corrected chi connectivity index (χ3v) is 5.15. The number of thioether (sulfide) groups is 1. The number of carbonyl (C=O) groups excluding carboxylic acids is 1. The highest BCUT2D eigenvalue weighted by atomic mass is 32.2. The Balaban J connectivity index is 1.49. The Hall–Kier alpha value is -3.59. The number of imidazole rings is 1. The molecule has 4 rings (SSSR count). The largest absolute Gasteiger partial charge is 0.497 e. The van der Waals surface area contributed by atoms with E-state index in [-0.39, 0.29) is 18.1 Å². The number of hydrogen-bond acceptors (Lipinski definition) is 7. The SMILES string of the molecule is COc1ccc(-c2cc(COC(=O)c3cnc(SC)n3-c3ccc(F)cc3)on2)cc1. The molecular formula is C22H18FN3O4S. The molecule has 0 radical (unpaired) electrons. The Bertz CT molecular complexity index is 1190. The van der Waals surface area contributed by atoms with Crippen molar-refractivity contribution in [1.82, 2.24) is 14.7 Å². The van der Waals surface area contributed by atoms with Crippen molar-refractivity contribution in [3.63, 3.8) is 0 Å². The second-order valence-electron chi connectivity index (χ2n) is 6.43. The van der Waals surface area contributed by atoms with Crippen LogP contribution in [0.25, 0.3) is 16.9 Å². The molecule has 0 aliphatic rings.